The number of carbonyl (C=O) groups excluding carboxylic acids is 1. The number of carbonyl (C=O) groups is 1. The van der Waals surface area contributed by atoms with Gasteiger partial charge in [0.2, 0.25) is 5.82 Å². The molecule has 1 aliphatic heterocycles. The minimum atomic E-state index is -0.154. The van der Waals surface area contributed by atoms with Crippen molar-refractivity contribution in [2.75, 3.05) is 6.54 Å². The molecule has 0 saturated carbocycles. The van der Waals surface area contributed by atoms with Crippen molar-refractivity contribution in [1.82, 2.24) is 15.5 Å². The van der Waals surface area contributed by atoms with E-state index in [0.717, 1.165) is 18.4 Å². The molecule has 0 spiro atoms. The average Bonchev–Trinajstić information content (AvgIpc) is 3.29. The maximum Gasteiger partial charge on any atom is 0.262 e. The van der Waals surface area contributed by atoms with Crippen molar-refractivity contribution in [3.05, 3.63) is 46.9 Å². The van der Waals surface area contributed by atoms with Gasteiger partial charge in [-0.3, -0.25) is 4.79 Å². The van der Waals surface area contributed by atoms with Gasteiger partial charge in [-0.15, -0.1) is 0 Å². The van der Waals surface area contributed by atoms with Crippen LogP contribution in [0, 0.1) is 0 Å². The highest BCUT2D eigenvalue weighted by atomic mass is 16.5. The van der Waals surface area contributed by atoms with Gasteiger partial charge in [0.25, 0.3) is 11.8 Å². The van der Waals surface area contributed by atoms with E-state index < -0.39 is 0 Å². The van der Waals surface area contributed by atoms with Crippen LogP contribution in [-0.2, 0) is 19.3 Å². The molecule has 3 aromatic rings. The second kappa shape index (κ2) is 5.58. The predicted molar refractivity (Wildman–Crippen MR) is 90.1 cm³/mol. The summed E-state index contributed by atoms with van der Waals surface area (Å²) in [6.45, 7) is 0.586. The number of aryl methyl sites for hydroxylation is 2. The fraction of sp³-hybridized carbons (Fsp3) is 0.316. The summed E-state index contributed by atoms with van der Waals surface area (Å²) in [5.74, 6) is 1.37. The van der Waals surface area contributed by atoms with E-state index in [9.17, 15) is 4.79 Å². The molecular weight excluding hydrogens is 318 g/mol. The van der Waals surface area contributed by atoms with Gasteiger partial charge in [0, 0.05) is 18.5 Å². The van der Waals surface area contributed by atoms with Gasteiger partial charge in [0.15, 0.2) is 0 Å². The molecule has 0 saturated heterocycles. The zero-order valence-electron chi connectivity index (χ0n) is 13.7. The van der Waals surface area contributed by atoms with Crippen molar-refractivity contribution in [2.45, 2.75) is 32.1 Å². The van der Waals surface area contributed by atoms with Crippen LogP contribution in [0.3, 0.4) is 0 Å². The number of amides is 1. The van der Waals surface area contributed by atoms with Crippen LogP contribution in [0.25, 0.3) is 22.8 Å². The van der Waals surface area contributed by atoms with Gasteiger partial charge in [0.05, 0.1) is 11.1 Å². The smallest absolute Gasteiger partial charge is 0.262 e. The first-order chi connectivity index (χ1) is 12.3. The summed E-state index contributed by atoms with van der Waals surface area (Å²) in [5.41, 5.74) is 4.79. The lowest BCUT2D eigenvalue weighted by Gasteiger charge is -2.15. The van der Waals surface area contributed by atoms with E-state index in [2.05, 4.69) is 27.6 Å². The Labute approximate surface area is 144 Å². The summed E-state index contributed by atoms with van der Waals surface area (Å²) < 4.78 is 10.9. The zero-order chi connectivity index (χ0) is 16.8. The Morgan fingerprint density at radius 1 is 1.08 bits per heavy atom. The Hall–Kier alpha value is -2.89. The standard InChI is InChI=1S/C19H17N3O3/c23-18-16-14(10-24-15(16)7-8-20-18)19-21-17(22-25-19)13-6-5-11-3-1-2-4-12(11)9-13/h5-6,9-10H,1-4,7-8H2,(H,20,23). The number of hydrogen-bond acceptors (Lipinski definition) is 5. The summed E-state index contributed by atoms with van der Waals surface area (Å²) in [6, 6.07) is 6.35. The third-order valence-electron chi connectivity index (χ3n) is 5.00. The topological polar surface area (TPSA) is 81.2 Å². The maximum absolute atomic E-state index is 12.1. The molecule has 0 unspecified atom stereocenters. The molecule has 0 fully saturated rings. The number of benzene rings is 1. The Morgan fingerprint density at radius 3 is 2.88 bits per heavy atom. The van der Waals surface area contributed by atoms with Crippen LogP contribution >= 0.6 is 0 Å². The number of nitrogens with zero attached hydrogens (tertiary/aromatic N) is 2. The van der Waals surface area contributed by atoms with Crippen molar-refractivity contribution in [3.63, 3.8) is 0 Å². The molecule has 1 N–H and O–H groups in total. The van der Waals surface area contributed by atoms with Crippen LogP contribution in [0.5, 0.6) is 0 Å². The SMILES string of the molecule is O=C1NCCc2occ(-c3nc(-c4ccc5c(c4)CCCC5)no3)c21. The van der Waals surface area contributed by atoms with Crippen LogP contribution in [0.4, 0.5) is 0 Å². The third-order valence-corrected chi connectivity index (χ3v) is 5.00. The number of furan rings is 1. The molecule has 2 aliphatic rings. The fourth-order valence-corrected chi connectivity index (χ4v) is 3.69. The van der Waals surface area contributed by atoms with Gasteiger partial charge < -0.3 is 14.3 Å². The zero-order valence-corrected chi connectivity index (χ0v) is 13.7. The highest BCUT2D eigenvalue weighted by molar-refractivity contribution is 6.01. The van der Waals surface area contributed by atoms with Gasteiger partial charge >= 0.3 is 0 Å². The van der Waals surface area contributed by atoms with E-state index in [-0.39, 0.29) is 5.91 Å². The van der Waals surface area contributed by atoms with Crippen LogP contribution in [0.1, 0.15) is 40.1 Å². The molecule has 6 nitrogen and oxygen atoms in total. The summed E-state index contributed by atoms with van der Waals surface area (Å²) in [7, 11) is 0. The lowest BCUT2D eigenvalue weighted by molar-refractivity contribution is 0.0943. The molecule has 0 atom stereocenters. The summed E-state index contributed by atoms with van der Waals surface area (Å²) >= 11 is 0. The molecule has 6 heteroatoms. The molecule has 0 bridgehead atoms. The molecule has 1 amide bonds. The molecule has 3 heterocycles. The summed E-state index contributed by atoms with van der Waals surface area (Å²) in [6.07, 6.45) is 6.93. The number of hydrogen-bond donors (Lipinski definition) is 1. The maximum atomic E-state index is 12.1. The van der Waals surface area contributed by atoms with E-state index in [4.69, 9.17) is 8.94 Å². The minimum Gasteiger partial charge on any atom is -0.468 e. The van der Waals surface area contributed by atoms with Crippen molar-refractivity contribution in [2.24, 2.45) is 0 Å². The first kappa shape index (κ1) is 14.5. The highest BCUT2D eigenvalue weighted by Crippen LogP contribution is 2.31. The first-order valence-corrected chi connectivity index (χ1v) is 8.64. The van der Waals surface area contributed by atoms with Gasteiger partial charge in [-0.05, 0) is 42.9 Å². The van der Waals surface area contributed by atoms with E-state index in [0.29, 0.717) is 41.6 Å². The molecule has 126 valence electrons. The number of aromatic nitrogens is 2. The highest BCUT2D eigenvalue weighted by Gasteiger charge is 2.28. The van der Waals surface area contributed by atoms with E-state index in [1.54, 1.807) is 0 Å². The van der Waals surface area contributed by atoms with Crippen LogP contribution in [0.15, 0.2) is 33.4 Å². The van der Waals surface area contributed by atoms with E-state index in [1.165, 1.54) is 30.2 Å². The Kier molecular flexibility index (Phi) is 3.23. The summed E-state index contributed by atoms with van der Waals surface area (Å²) in [5, 5.41) is 6.92. The van der Waals surface area contributed by atoms with Gasteiger partial charge in [0.1, 0.15) is 12.0 Å². The number of nitrogens with one attached hydrogen (secondary N) is 1. The number of rotatable bonds is 2. The normalized spacial score (nSPS) is 16.2. The van der Waals surface area contributed by atoms with Crippen molar-refractivity contribution < 1.29 is 13.7 Å². The largest absolute Gasteiger partial charge is 0.468 e. The Morgan fingerprint density at radius 2 is 1.96 bits per heavy atom. The first-order valence-electron chi connectivity index (χ1n) is 8.64. The predicted octanol–water partition coefficient (Wildman–Crippen LogP) is 3.16. The lowest BCUT2D eigenvalue weighted by atomic mass is 9.90. The second-order valence-corrected chi connectivity index (χ2v) is 6.57. The van der Waals surface area contributed by atoms with E-state index >= 15 is 0 Å². The van der Waals surface area contributed by atoms with Crippen molar-refractivity contribution in [3.8, 4) is 22.8 Å². The summed E-state index contributed by atoms with van der Waals surface area (Å²) in [4.78, 5) is 16.6. The molecule has 0 radical (unpaired) electrons. The molecule has 1 aliphatic carbocycles. The molecular formula is C19H17N3O3. The third kappa shape index (κ3) is 2.36. The fourth-order valence-electron chi connectivity index (χ4n) is 3.69. The van der Waals surface area contributed by atoms with Crippen LogP contribution < -0.4 is 5.32 Å². The van der Waals surface area contributed by atoms with Crippen LogP contribution in [-0.4, -0.2) is 22.6 Å². The molecule has 2 aromatic heterocycles. The van der Waals surface area contributed by atoms with Crippen molar-refractivity contribution in [1.29, 1.82) is 0 Å². The van der Waals surface area contributed by atoms with Gasteiger partial charge in [-0.1, -0.05) is 17.3 Å². The minimum absolute atomic E-state index is 0.154. The van der Waals surface area contributed by atoms with Gasteiger partial charge in [-0.2, -0.15) is 4.98 Å². The monoisotopic (exact) mass is 335 g/mol. The molecule has 5 rings (SSSR count). The van der Waals surface area contributed by atoms with E-state index in [1.807, 2.05) is 6.07 Å². The Balaban J connectivity index is 1.52. The second-order valence-electron chi connectivity index (χ2n) is 6.57. The lowest BCUT2D eigenvalue weighted by Crippen LogP contribution is -2.31. The molecule has 1 aromatic carbocycles. The average molecular weight is 335 g/mol. The van der Waals surface area contributed by atoms with Gasteiger partial charge in [-0.25, -0.2) is 0 Å². The Bertz CT molecular complexity index is 970. The van der Waals surface area contributed by atoms with Crippen LogP contribution in [0.2, 0.25) is 0 Å². The van der Waals surface area contributed by atoms with Crippen molar-refractivity contribution >= 4 is 5.91 Å². The quantitative estimate of drug-likeness (QED) is 0.778. The molecule has 25 heavy (non-hydrogen) atoms. The number of fused-ring (bicyclic) bond motifs is 2.